The molecule has 0 radical (unpaired) electrons. The molecule has 5 rings (SSSR count). The van der Waals surface area contributed by atoms with Crippen molar-refractivity contribution in [3.05, 3.63) is 46.3 Å². The highest BCUT2D eigenvalue weighted by molar-refractivity contribution is 7.10. The number of fused-ring (bicyclic) bond motifs is 1. The molecule has 1 unspecified atom stereocenters. The van der Waals surface area contributed by atoms with Crippen molar-refractivity contribution >= 4 is 28.1 Å². The van der Waals surface area contributed by atoms with Crippen LogP contribution in [0.2, 0.25) is 0 Å². The van der Waals surface area contributed by atoms with E-state index < -0.39 is 5.41 Å². The van der Waals surface area contributed by atoms with Crippen LogP contribution in [0.5, 0.6) is 0 Å². The summed E-state index contributed by atoms with van der Waals surface area (Å²) in [6.07, 6.45) is 8.34. The Morgan fingerprint density at radius 2 is 1.87 bits per heavy atom. The molecule has 1 aliphatic heterocycles. The molecule has 2 aliphatic rings. The third kappa shape index (κ3) is 3.65. The van der Waals surface area contributed by atoms with Gasteiger partial charge in [-0.2, -0.15) is 5.10 Å². The molecule has 3 N–H and O–H groups in total. The van der Waals surface area contributed by atoms with Gasteiger partial charge >= 0.3 is 0 Å². The third-order valence-corrected chi connectivity index (χ3v) is 7.23. The van der Waals surface area contributed by atoms with Crippen LogP contribution in [0.25, 0.3) is 16.7 Å². The van der Waals surface area contributed by atoms with Crippen LogP contribution in [-0.4, -0.2) is 46.8 Å². The smallest absolute Gasteiger partial charge is 0.223 e. The molecule has 1 atom stereocenters. The predicted molar refractivity (Wildman–Crippen MR) is 121 cm³/mol. The Bertz CT molecular complexity index is 1160. The molecular weight excluding hydrogens is 410 g/mol. The maximum absolute atomic E-state index is 10.9. The number of aliphatic hydroxyl groups excluding tert-OH is 1. The zero-order chi connectivity index (χ0) is 21.9. The molecule has 1 fully saturated rings. The lowest BCUT2D eigenvalue weighted by Gasteiger charge is -2.52. The maximum atomic E-state index is 10.9. The van der Waals surface area contributed by atoms with Crippen molar-refractivity contribution in [1.29, 1.82) is 0 Å². The summed E-state index contributed by atoms with van der Waals surface area (Å²) in [5.74, 6) is 0.588. The van der Waals surface area contributed by atoms with Gasteiger partial charge in [-0.3, -0.25) is 10.1 Å². The molecule has 0 aromatic carbocycles. The highest BCUT2D eigenvalue weighted by Crippen LogP contribution is 2.51. The third-order valence-electron chi connectivity index (χ3n) is 6.41. The molecule has 162 valence electrons. The van der Waals surface area contributed by atoms with Crippen molar-refractivity contribution in [1.82, 2.24) is 35.9 Å². The van der Waals surface area contributed by atoms with Crippen LogP contribution >= 0.6 is 11.3 Å². The van der Waals surface area contributed by atoms with Crippen LogP contribution in [0, 0.1) is 5.92 Å². The number of hydrogen-bond acceptors (Lipinski definition) is 8. The van der Waals surface area contributed by atoms with Gasteiger partial charge in [0.1, 0.15) is 5.52 Å². The first-order valence-corrected chi connectivity index (χ1v) is 11.4. The topological polar surface area (TPSA) is 112 Å². The average Bonchev–Trinajstić information content (AvgIpc) is 3.36. The number of H-pyrrole nitrogens is 1. The van der Waals surface area contributed by atoms with E-state index in [0.29, 0.717) is 17.8 Å². The fourth-order valence-corrected chi connectivity index (χ4v) is 6.23. The van der Waals surface area contributed by atoms with Gasteiger partial charge in [0.05, 0.1) is 21.8 Å². The summed E-state index contributed by atoms with van der Waals surface area (Å²) in [6.45, 7) is 8.98. The zero-order valence-electron chi connectivity index (χ0n) is 18.2. The van der Waals surface area contributed by atoms with Crippen molar-refractivity contribution in [3.8, 4) is 0 Å². The highest BCUT2D eigenvalue weighted by atomic mass is 32.1. The number of rotatable bonds is 3. The summed E-state index contributed by atoms with van der Waals surface area (Å²) in [5, 5.41) is 34.4. The van der Waals surface area contributed by atoms with Gasteiger partial charge in [0, 0.05) is 29.1 Å². The molecular formula is C22H27N7OS. The van der Waals surface area contributed by atoms with Crippen molar-refractivity contribution in [2.45, 2.75) is 63.5 Å². The maximum Gasteiger partial charge on any atom is 0.223 e. The average molecular weight is 438 g/mol. The molecule has 1 saturated heterocycles. The molecule has 0 amide bonds. The quantitative estimate of drug-likeness (QED) is 0.569. The Kier molecular flexibility index (Phi) is 4.53. The zero-order valence-corrected chi connectivity index (χ0v) is 19.0. The van der Waals surface area contributed by atoms with Crippen LogP contribution in [0.4, 0.5) is 0 Å². The molecule has 3 aromatic heterocycles. The Hall–Kier alpha value is -2.65. The molecule has 1 aliphatic carbocycles. The largest absolute Gasteiger partial charge is 0.512 e. The summed E-state index contributed by atoms with van der Waals surface area (Å²) in [5.41, 5.74) is 4.24. The first-order chi connectivity index (χ1) is 14.7. The minimum absolute atomic E-state index is 0.0538. The van der Waals surface area contributed by atoms with Crippen molar-refractivity contribution in [3.63, 3.8) is 0 Å². The predicted octanol–water partition coefficient (Wildman–Crippen LogP) is 3.93. The van der Waals surface area contributed by atoms with E-state index >= 15 is 0 Å². The first-order valence-electron chi connectivity index (χ1n) is 10.5. The van der Waals surface area contributed by atoms with Gasteiger partial charge < -0.3 is 10.4 Å². The van der Waals surface area contributed by atoms with Crippen LogP contribution in [0.15, 0.2) is 35.7 Å². The number of hydrogen-bond donors (Lipinski definition) is 3. The number of aliphatic hydroxyl groups is 1. The number of nitrogens with one attached hydrogen (secondary N) is 2. The van der Waals surface area contributed by atoms with E-state index in [2.05, 4.69) is 69.7 Å². The Morgan fingerprint density at radius 1 is 1.10 bits per heavy atom. The molecule has 0 spiro atoms. The molecule has 9 heteroatoms. The standard InChI is InChI=1S/C22H27N7OS/c1-20(2)8-14(9-21(3,4)28-20)22(18-6-16-19(26-25-18)27-29-24-16)7-13(5-15(30)10-22)17-11-23-12-31-17/h5-7,11-12,14,28,30H,8-10H2,1-4H3,(H,24,26,27,29). The van der Waals surface area contributed by atoms with Crippen molar-refractivity contribution < 1.29 is 5.11 Å². The summed E-state index contributed by atoms with van der Waals surface area (Å²) in [6, 6.07) is 1.99. The molecule has 4 heterocycles. The second-order valence-electron chi connectivity index (χ2n) is 10.1. The Morgan fingerprint density at radius 3 is 2.58 bits per heavy atom. The number of allylic oxidation sites excluding steroid dienone is 4. The van der Waals surface area contributed by atoms with Gasteiger partial charge in [-0.25, -0.2) is 0 Å². The van der Waals surface area contributed by atoms with E-state index in [1.165, 1.54) is 0 Å². The summed E-state index contributed by atoms with van der Waals surface area (Å²) in [4.78, 5) is 5.27. The number of piperidine rings is 1. The van der Waals surface area contributed by atoms with Gasteiger partial charge in [0.2, 0.25) is 5.65 Å². The highest BCUT2D eigenvalue weighted by Gasteiger charge is 2.50. The SMILES string of the molecule is CC1(C)CC(C2(c3cc4[nH]nnc4nn3)C=C(c3cncs3)C=C(O)C2)CC(C)(C)N1. The minimum atomic E-state index is -0.513. The summed E-state index contributed by atoms with van der Waals surface area (Å²) < 4.78 is 0. The summed E-state index contributed by atoms with van der Waals surface area (Å²) >= 11 is 1.57. The lowest BCUT2D eigenvalue weighted by molar-refractivity contribution is 0.0845. The Labute approximate surface area is 184 Å². The number of nitrogens with zero attached hydrogens (tertiary/aromatic N) is 5. The molecule has 0 saturated carbocycles. The second-order valence-corrected chi connectivity index (χ2v) is 11.0. The van der Waals surface area contributed by atoms with Crippen LogP contribution < -0.4 is 5.32 Å². The van der Waals surface area contributed by atoms with E-state index in [1.807, 2.05) is 23.8 Å². The second kappa shape index (κ2) is 6.93. The van der Waals surface area contributed by atoms with Crippen LogP contribution in [0.3, 0.4) is 0 Å². The van der Waals surface area contributed by atoms with E-state index in [-0.39, 0.29) is 17.0 Å². The van der Waals surface area contributed by atoms with Gasteiger partial charge in [0.25, 0.3) is 0 Å². The van der Waals surface area contributed by atoms with E-state index in [1.54, 1.807) is 11.3 Å². The fraction of sp³-hybridized carbons (Fsp3) is 0.500. The van der Waals surface area contributed by atoms with Gasteiger partial charge in [-0.15, -0.1) is 21.5 Å². The number of thiazole rings is 1. The van der Waals surface area contributed by atoms with E-state index in [9.17, 15) is 5.11 Å². The van der Waals surface area contributed by atoms with Gasteiger partial charge in [-0.1, -0.05) is 11.3 Å². The fourth-order valence-electron chi connectivity index (χ4n) is 5.62. The molecule has 8 nitrogen and oxygen atoms in total. The Balaban J connectivity index is 1.72. The first kappa shape index (κ1) is 20.3. The van der Waals surface area contributed by atoms with E-state index in [0.717, 1.165) is 34.5 Å². The lowest BCUT2D eigenvalue weighted by Crippen LogP contribution is -2.60. The monoisotopic (exact) mass is 437 g/mol. The van der Waals surface area contributed by atoms with Crippen molar-refractivity contribution in [2.24, 2.45) is 5.92 Å². The van der Waals surface area contributed by atoms with Gasteiger partial charge in [-0.05, 0) is 64.2 Å². The molecule has 31 heavy (non-hydrogen) atoms. The van der Waals surface area contributed by atoms with Crippen molar-refractivity contribution in [2.75, 3.05) is 0 Å². The lowest BCUT2D eigenvalue weighted by atomic mass is 9.59. The molecule has 3 aromatic rings. The number of aromatic nitrogens is 6. The van der Waals surface area contributed by atoms with E-state index in [4.69, 9.17) is 0 Å². The normalized spacial score (nSPS) is 25.9. The van der Waals surface area contributed by atoms with Crippen LogP contribution in [0.1, 0.15) is 57.5 Å². The molecule has 0 bridgehead atoms. The van der Waals surface area contributed by atoms with Crippen LogP contribution in [-0.2, 0) is 5.41 Å². The summed E-state index contributed by atoms with van der Waals surface area (Å²) in [7, 11) is 0. The minimum Gasteiger partial charge on any atom is -0.512 e. The number of aromatic amines is 1. The van der Waals surface area contributed by atoms with Gasteiger partial charge in [0.15, 0.2) is 0 Å².